The first-order chi connectivity index (χ1) is 3.68. The third kappa shape index (κ3) is 5.50. The molecule has 0 bridgehead atoms. The van der Waals surface area contributed by atoms with Gasteiger partial charge in [0.25, 0.3) is 0 Å². The van der Waals surface area contributed by atoms with Crippen LogP contribution in [0.15, 0.2) is 0 Å². The quantitative estimate of drug-likeness (QED) is 0.581. The first-order valence-corrected chi connectivity index (χ1v) is 2.68. The molecule has 0 fully saturated rings. The van der Waals surface area contributed by atoms with E-state index < -0.39 is 0 Å². The van der Waals surface area contributed by atoms with Gasteiger partial charge in [-0.15, -0.1) is 0 Å². The van der Waals surface area contributed by atoms with Gasteiger partial charge in [0, 0.05) is 13.0 Å². The molecule has 0 aliphatic carbocycles. The Bertz CT molecular complexity index is 79.0. The number of methoxy groups -OCH3 is 1. The lowest BCUT2D eigenvalue weighted by atomic mass is 10.1. The van der Waals surface area contributed by atoms with E-state index in [0.717, 1.165) is 0 Å². The van der Waals surface area contributed by atoms with Gasteiger partial charge in [-0.25, -0.2) is 0 Å². The van der Waals surface area contributed by atoms with E-state index in [9.17, 15) is 4.79 Å². The maximum absolute atomic E-state index is 10.5. The minimum atomic E-state index is 0. The molecule has 1 atom stereocenters. The summed E-state index contributed by atoms with van der Waals surface area (Å²) in [5.74, 6) is 0.242. The van der Waals surface area contributed by atoms with Crippen molar-refractivity contribution in [3.63, 3.8) is 0 Å². The smallest absolute Gasteiger partial charge is 0.134 e. The molecule has 9 heavy (non-hydrogen) atoms. The lowest BCUT2D eigenvalue weighted by molar-refractivity contribution is -0.121. The van der Waals surface area contributed by atoms with Gasteiger partial charge >= 0.3 is 0 Å². The second-order valence-electron chi connectivity index (χ2n) is 1.97. The number of hydrogen-bond acceptors (Lipinski definition) is 2. The van der Waals surface area contributed by atoms with Crippen LogP contribution < -0.4 is 0 Å². The van der Waals surface area contributed by atoms with Crippen LogP contribution in [-0.4, -0.2) is 19.5 Å². The van der Waals surface area contributed by atoms with E-state index in [1.165, 1.54) is 0 Å². The fourth-order valence-corrected chi connectivity index (χ4v) is 0.367. The fraction of sp³-hybridized carbons (Fsp3) is 0.857. The van der Waals surface area contributed by atoms with Crippen LogP contribution in [-0.2, 0) is 9.53 Å². The Morgan fingerprint density at radius 3 is 2.22 bits per heavy atom. The van der Waals surface area contributed by atoms with Crippen LogP contribution in [0.5, 0.6) is 0 Å². The summed E-state index contributed by atoms with van der Waals surface area (Å²) < 4.78 is 4.74. The van der Waals surface area contributed by atoms with Gasteiger partial charge in [0.15, 0.2) is 0 Å². The van der Waals surface area contributed by atoms with Crippen molar-refractivity contribution in [2.24, 2.45) is 5.92 Å². The number of ketones is 1. The molecule has 0 aromatic carbocycles. The molecule has 0 aromatic heterocycles. The van der Waals surface area contributed by atoms with Gasteiger partial charge in [0.2, 0.25) is 0 Å². The number of carbonyl (C=O) groups is 1. The summed E-state index contributed by atoms with van der Waals surface area (Å²) in [4.78, 5) is 10.5. The Kier molecular flexibility index (Phi) is 7.32. The van der Waals surface area contributed by atoms with E-state index in [0.29, 0.717) is 6.61 Å². The summed E-state index contributed by atoms with van der Waals surface area (Å²) in [7, 11) is 1.60. The summed E-state index contributed by atoms with van der Waals surface area (Å²) >= 11 is 0. The summed E-state index contributed by atoms with van der Waals surface area (Å²) in [6.07, 6.45) is 0. The lowest BCUT2D eigenvalue weighted by Gasteiger charge is -2.02. The highest BCUT2D eigenvalue weighted by Crippen LogP contribution is 1.94. The maximum atomic E-state index is 10.5. The van der Waals surface area contributed by atoms with Crippen LogP contribution in [0.4, 0.5) is 0 Å². The zero-order chi connectivity index (χ0) is 6.57. The fourth-order valence-electron chi connectivity index (χ4n) is 0.367. The molecule has 0 spiro atoms. The van der Waals surface area contributed by atoms with Gasteiger partial charge in [-0.3, -0.25) is 4.79 Å². The first kappa shape index (κ1) is 11.4. The second kappa shape index (κ2) is 5.76. The van der Waals surface area contributed by atoms with Crippen molar-refractivity contribution in [3.05, 3.63) is 0 Å². The molecule has 0 rings (SSSR count). The van der Waals surface area contributed by atoms with E-state index in [2.05, 4.69) is 0 Å². The van der Waals surface area contributed by atoms with E-state index >= 15 is 0 Å². The zero-order valence-electron chi connectivity index (χ0n) is 5.60. The largest absolute Gasteiger partial charge is 0.384 e. The summed E-state index contributed by atoms with van der Waals surface area (Å²) in [6, 6.07) is 0. The molecule has 0 aromatic rings. The van der Waals surface area contributed by atoms with Crippen molar-refractivity contribution in [1.82, 2.24) is 0 Å². The van der Waals surface area contributed by atoms with Crippen LogP contribution in [0.25, 0.3) is 0 Å². The van der Waals surface area contributed by atoms with Crippen LogP contribution in [0.1, 0.15) is 21.3 Å². The van der Waals surface area contributed by atoms with Crippen LogP contribution in [0, 0.1) is 5.92 Å². The Balaban J connectivity index is 0. The minimum absolute atomic E-state index is 0. The van der Waals surface area contributed by atoms with Crippen LogP contribution in [0.2, 0.25) is 0 Å². The van der Waals surface area contributed by atoms with Crippen molar-refractivity contribution < 1.29 is 9.53 Å². The Morgan fingerprint density at radius 2 is 2.11 bits per heavy atom. The first-order valence-electron chi connectivity index (χ1n) is 2.68. The molecule has 2 nitrogen and oxygen atoms in total. The average molecular weight is 132 g/mol. The molecule has 0 heterocycles. The molecule has 0 N–H and O–H groups in total. The zero-order valence-corrected chi connectivity index (χ0v) is 5.60. The number of carbonyl (C=O) groups excluding carboxylic acids is 1. The van der Waals surface area contributed by atoms with Gasteiger partial charge in [-0.05, 0) is 6.92 Å². The molecule has 56 valence electrons. The summed E-state index contributed by atoms with van der Waals surface area (Å²) in [5, 5.41) is 0. The van der Waals surface area contributed by atoms with Gasteiger partial charge in [-0.1, -0.05) is 14.4 Å². The summed E-state index contributed by atoms with van der Waals surface area (Å²) in [6.45, 7) is 3.96. The molecule has 2 heteroatoms. The molecule has 0 radical (unpaired) electrons. The van der Waals surface area contributed by atoms with Gasteiger partial charge in [0.05, 0.1) is 6.61 Å². The minimum Gasteiger partial charge on any atom is -0.384 e. The third-order valence-electron chi connectivity index (χ3n) is 1.11. The Labute approximate surface area is 57.2 Å². The third-order valence-corrected chi connectivity index (χ3v) is 1.11. The molecule has 0 amide bonds. The summed E-state index contributed by atoms with van der Waals surface area (Å²) in [5.41, 5.74) is 0. The second-order valence-corrected chi connectivity index (χ2v) is 1.97. The van der Waals surface area contributed by atoms with Crippen molar-refractivity contribution in [1.29, 1.82) is 0 Å². The number of Topliss-reactive ketones (excluding diaryl/α,β-unsaturated/α-hetero) is 1. The maximum Gasteiger partial charge on any atom is 0.134 e. The molecular formula is C7H16O2. The Morgan fingerprint density at radius 1 is 1.67 bits per heavy atom. The molecule has 0 aliphatic rings. The predicted octanol–water partition coefficient (Wildman–Crippen LogP) is 1.49. The van der Waals surface area contributed by atoms with Crippen molar-refractivity contribution >= 4 is 5.78 Å². The number of rotatable bonds is 3. The normalized spacial score (nSPS) is 11.9. The highest BCUT2D eigenvalue weighted by molar-refractivity contribution is 5.77. The van der Waals surface area contributed by atoms with Crippen LogP contribution in [0.3, 0.4) is 0 Å². The molecule has 0 aliphatic heterocycles. The standard InChI is InChI=1S/C6H12O2.CH4/c1-5(4-8-3)6(2)7;/h5H,4H2,1-3H3;1H4. The predicted molar refractivity (Wildman–Crippen MR) is 38.5 cm³/mol. The highest BCUT2D eigenvalue weighted by Gasteiger charge is 2.04. The van der Waals surface area contributed by atoms with E-state index in [1.807, 2.05) is 6.92 Å². The van der Waals surface area contributed by atoms with E-state index in [1.54, 1.807) is 14.0 Å². The van der Waals surface area contributed by atoms with Crippen molar-refractivity contribution in [3.8, 4) is 0 Å². The number of hydrogen-bond donors (Lipinski definition) is 0. The SMILES string of the molecule is C.COCC(C)C(C)=O. The average Bonchev–Trinajstić information content (AvgIpc) is 1.67. The van der Waals surface area contributed by atoms with Crippen LogP contribution >= 0.6 is 0 Å². The van der Waals surface area contributed by atoms with Gasteiger partial charge in [0.1, 0.15) is 5.78 Å². The highest BCUT2D eigenvalue weighted by atomic mass is 16.5. The topological polar surface area (TPSA) is 26.3 Å². The van der Waals surface area contributed by atoms with Crippen molar-refractivity contribution in [2.75, 3.05) is 13.7 Å². The molecule has 1 unspecified atom stereocenters. The Hall–Kier alpha value is -0.370. The number of ether oxygens (including phenoxy) is 1. The van der Waals surface area contributed by atoms with Gasteiger partial charge in [-0.2, -0.15) is 0 Å². The van der Waals surface area contributed by atoms with Gasteiger partial charge < -0.3 is 4.74 Å². The van der Waals surface area contributed by atoms with E-state index in [-0.39, 0.29) is 19.1 Å². The van der Waals surface area contributed by atoms with Crippen molar-refractivity contribution in [2.45, 2.75) is 21.3 Å². The van der Waals surface area contributed by atoms with E-state index in [4.69, 9.17) is 4.74 Å². The molecule has 0 saturated carbocycles. The lowest BCUT2D eigenvalue weighted by Crippen LogP contribution is -2.11. The molecular weight excluding hydrogens is 116 g/mol. The monoisotopic (exact) mass is 132 g/mol. The molecule has 0 saturated heterocycles.